The van der Waals surface area contributed by atoms with Gasteiger partial charge in [-0.15, -0.1) is 0 Å². The second-order valence-corrected chi connectivity index (χ2v) is 6.93. The van der Waals surface area contributed by atoms with Gasteiger partial charge in [0.1, 0.15) is 0 Å². The Kier molecular flexibility index (Phi) is 4.51. The highest BCUT2D eigenvalue weighted by Gasteiger charge is 2.24. The molecule has 2 N–H and O–H groups in total. The van der Waals surface area contributed by atoms with Crippen LogP contribution in [-0.2, 0) is 12.8 Å². The number of benzene rings is 2. The molecule has 26 heavy (non-hydrogen) atoms. The number of rotatable bonds is 3. The van der Waals surface area contributed by atoms with Crippen LogP contribution >= 0.6 is 0 Å². The third kappa shape index (κ3) is 2.90. The van der Waals surface area contributed by atoms with Gasteiger partial charge in [0, 0.05) is 41.7 Å². The molecule has 1 unspecified atom stereocenters. The van der Waals surface area contributed by atoms with Crippen molar-refractivity contribution in [2.45, 2.75) is 32.3 Å². The highest BCUT2D eigenvalue weighted by atomic mass is 16.3. The number of aliphatic hydroxyl groups is 1. The minimum absolute atomic E-state index is 0.0916. The van der Waals surface area contributed by atoms with Crippen LogP contribution in [0.2, 0.25) is 0 Å². The van der Waals surface area contributed by atoms with E-state index < -0.39 is 6.10 Å². The first-order chi connectivity index (χ1) is 12.7. The normalized spacial score (nSPS) is 15.5. The van der Waals surface area contributed by atoms with Gasteiger partial charge in [-0.1, -0.05) is 37.3 Å². The van der Waals surface area contributed by atoms with Crippen LogP contribution in [0.4, 0.5) is 0 Å². The number of nitrogens with one attached hydrogen (secondary N) is 1. The van der Waals surface area contributed by atoms with E-state index >= 15 is 0 Å². The van der Waals surface area contributed by atoms with Crippen molar-refractivity contribution in [3.63, 3.8) is 0 Å². The highest BCUT2D eigenvalue weighted by molar-refractivity contribution is 5.94. The number of fused-ring (bicyclic) bond motifs is 3. The molecule has 134 valence electrons. The molecule has 4 heteroatoms. The second kappa shape index (κ2) is 6.96. The molecule has 1 amide bonds. The summed E-state index contributed by atoms with van der Waals surface area (Å²) in [5, 5.41) is 11.6. The molecule has 0 saturated carbocycles. The van der Waals surface area contributed by atoms with Gasteiger partial charge in [0.05, 0.1) is 6.10 Å². The van der Waals surface area contributed by atoms with Crippen molar-refractivity contribution in [3.8, 4) is 0 Å². The Labute approximate surface area is 153 Å². The Morgan fingerprint density at radius 3 is 2.65 bits per heavy atom. The number of carbonyl (C=O) groups is 1. The van der Waals surface area contributed by atoms with E-state index in [1.54, 1.807) is 0 Å². The fraction of sp³-hybridized carbons (Fsp3) is 0.318. The second-order valence-electron chi connectivity index (χ2n) is 6.93. The maximum atomic E-state index is 12.8. The molecule has 1 aliphatic heterocycles. The fourth-order valence-corrected chi connectivity index (χ4v) is 3.96. The minimum atomic E-state index is -0.455. The van der Waals surface area contributed by atoms with Gasteiger partial charge >= 0.3 is 0 Å². The van der Waals surface area contributed by atoms with Gasteiger partial charge in [0.15, 0.2) is 0 Å². The average Bonchev–Trinajstić information content (AvgIpc) is 2.92. The third-order valence-corrected chi connectivity index (χ3v) is 5.37. The lowest BCUT2D eigenvalue weighted by Crippen LogP contribution is -2.33. The van der Waals surface area contributed by atoms with Crippen LogP contribution in [0.1, 0.15) is 46.6 Å². The molecule has 0 radical (unpaired) electrons. The Balaban J connectivity index is 1.66. The molecule has 0 aliphatic carbocycles. The molecule has 3 aromatic rings. The van der Waals surface area contributed by atoms with E-state index in [0.29, 0.717) is 19.5 Å². The van der Waals surface area contributed by atoms with Crippen molar-refractivity contribution < 1.29 is 9.90 Å². The average molecular weight is 348 g/mol. The first-order valence-corrected chi connectivity index (χ1v) is 9.33. The highest BCUT2D eigenvalue weighted by Crippen LogP contribution is 2.33. The van der Waals surface area contributed by atoms with Gasteiger partial charge in [0.25, 0.3) is 5.91 Å². The van der Waals surface area contributed by atoms with E-state index in [4.69, 9.17) is 0 Å². The van der Waals surface area contributed by atoms with Crippen molar-refractivity contribution in [1.82, 2.24) is 9.88 Å². The molecule has 0 bridgehead atoms. The lowest BCUT2D eigenvalue weighted by molar-refractivity contribution is 0.0763. The molecule has 1 atom stereocenters. The predicted molar refractivity (Wildman–Crippen MR) is 103 cm³/mol. The maximum Gasteiger partial charge on any atom is 0.253 e. The van der Waals surface area contributed by atoms with Crippen LogP contribution in [0.15, 0.2) is 48.5 Å². The van der Waals surface area contributed by atoms with Gasteiger partial charge in [-0.05, 0) is 42.2 Å². The van der Waals surface area contributed by atoms with E-state index in [1.807, 2.05) is 54.3 Å². The van der Waals surface area contributed by atoms with Gasteiger partial charge < -0.3 is 15.0 Å². The zero-order valence-corrected chi connectivity index (χ0v) is 15.0. The van der Waals surface area contributed by atoms with Crippen LogP contribution in [0.25, 0.3) is 10.9 Å². The molecule has 2 heterocycles. The number of aromatic nitrogens is 1. The quantitative estimate of drug-likeness (QED) is 0.755. The van der Waals surface area contributed by atoms with Crippen LogP contribution in [0.3, 0.4) is 0 Å². The topological polar surface area (TPSA) is 56.3 Å². The van der Waals surface area contributed by atoms with Crippen LogP contribution in [0.5, 0.6) is 0 Å². The number of hydrogen-bond donors (Lipinski definition) is 2. The van der Waals surface area contributed by atoms with E-state index in [2.05, 4.69) is 11.1 Å². The summed E-state index contributed by atoms with van der Waals surface area (Å²) in [7, 11) is 0. The molecular formula is C22H24N2O2. The maximum absolute atomic E-state index is 12.8. The van der Waals surface area contributed by atoms with Gasteiger partial charge in [-0.25, -0.2) is 0 Å². The Morgan fingerprint density at radius 2 is 1.88 bits per heavy atom. The number of aliphatic hydroxyl groups excluding tert-OH is 1. The first-order valence-electron chi connectivity index (χ1n) is 9.33. The fourth-order valence-electron chi connectivity index (χ4n) is 3.96. The zero-order chi connectivity index (χ0) is 18.1. The summed E-state index contributed by atoms with van der Waals surface area (Å²) in [4.78, 5) is 18.3. The summed E-state index contributed by atoms with van der Waals surface area (Å²) in [6.07, 6.45) is 1.85. The van der Waals surface area contributed by atoms with Crippen LogP contribution in [0, 0.1) is 0 Å². The van der Waals surface area contributed by atoms with Gasteiger partial charge in [0.2, 0.25) is 0 Å². The van der Waals surface area contributed by atoms with Crippen molar-refractivity contribution in [2.75, 3.05) is 13.1 Å². The van der Waals surface area contributed by atoms with Crippen molar-refractivity contribution in [1.29, 1.82) is 0 Å². The Bertz CT molecular complexity index is 930. The number of aromatic amines is 1. The molecule has 4 rings (SSSR count). The smallest absolute Gasteiger partial charge is 0.253 e. The third-order valence-electron chi connectivity index (χ3n) is 5.37. The molecule has 0 saturated heterocycles. The zero-order valence-electron chi connectivity index (χ0n) is 15.0. The van der Waals surface area contributed by atoms with E-state index in [-0.39, 0.29) is 5.91 Å². The molecular weight excluding hydrogens is 324 g/mol. The molecule has 0 fully saturated rings. The number of hydrogen-bond acceptors (Lipinski definition) is 2. The van der Waals surface area contributed by atoms with Crippen molar-refractivity contribution in [2.24, 2.45) is 0 Å². The minimum Gasteiger partial charge on any atom is -0.388 e. The SMILES string of the molecule is CCC(O)c1cccc2[nH]c3c(c12)CCN(C(=O)c1ccccc1)CC3. The number of nitrogens with zero attached hydrogens (tertiary/aromatic N) is 1. The summed E-state index contributed by atoms with van der Waals surface area (Å²) in [6, 6.07) is 15.6. The van der Waals surface area contributed by atoms with E-state index in [0.717, 1.165) is 34.9 Å². The van der Waals surface area contributed by atoms with Crippen molar-refractivity contribution >= 4 is 16.8 Å². The number of H-pyrrole nitrogens is 1. The number of carbonyl (C=O) groups excluding carboxylic acids is 1. The molecule has 1 aromatic heterocycles. The summed E-state index contributed by atoms with van der Waals surface area (Å²) in [5.74, 6) is 0.0916. The van der Waals surface area contributed by atoms with Gasteiger partial charge in [-0.3, -0.25) is 4.79 Å². The summed E-state index contributed by atoms with van der Waals surface area (Å²) in [6.45, 7) is 3.40. The van der Waals surface area contributed by atoms with E-state index in [9.17, 15) is 9.90 Å². The molecule has 2 aromatic carbocycles. The van der Waals surface area contributed by atoms with Crippen LogP contribution in [-0.4, -0.2) is 34.0 Å². The van der Waals surface area contributed by atoms with E-state index in [1.165, 1.54) is 11.3 Å². The van der Waals surface area contributed by atoms with Gasteiger partial charge in [-0.2, -0.15) is 0 Å². The number of amides is 1. The van der Waals surface area contributed by atoms with Crippen molar-refractivity contribution in [3.05, 3.63) is 70.9 Å². The first kappa shape index (κ1) is 16.9. The predicted octanol–water partition coefficient (Wildman–Crippen LogP) is 3.85. The standard InChI is InChI=1S/C22H24N2O2/c1-2-20(25)17-9-6-10-19-21(17)16-11-13-24(14-12-18(16)23-19)22(26)15-7-4-3-5-8-15/h3-10,20,23,25H,2,11-14H2,1H3. The largest absolute Gasteiger partial charge is 0.388 e. The summed E-state index contributed by atoms with van der Waals surface area (Å²) < 4.78 is 0. The molecule has 4 nitrogen and oxygen atoms in total. The molecule has 0 spiro atoms. The lowest BCUT2D eigenvalue weighted by Gasteiger charge is -2.20. The Hall–Kier alpha value is -2.59. The lowest BCUT2D eigenvalue weighted by atomic mass is 9.97. The summed E-state index contributed by atoms with van der Waals surface area (Å²) >= 11 is 0. The van der Waals surface area contributed by atoms with Crippen LogP contribution < -0.4 is 0 Å². The summed E-state index contributed by atoms with van der Waals surface area (Å²) in [5.41, 5.74) is 5.27. The monoisotopic (exact) mass is 348 g/mol. The Morgan fingerprint density at radius 1 is 1.12 bits per heavy atom. The molecule has 1 aliphatic rings.